The Morgan fingerprint density at radius 2 is 1.74 bits per heavy atom. The molecule has 2 aromatic rings. The molecule has 6 heteroatoms. The van der Waals surface area contributed by atoms with E-state index in [0.717, 1.165) is 43.8 Å². The highest BCUT2D eigenvalue weighted by Gasteiger charge is 2.24. The molecule has 0 bridgehead atoms. The first-order chi connectivity index (χ1) is 15.0. The van der Waals surface area contributed by atoms with Gasteiger partial charge in [-0.3, -0.25) is 9.59 Å². The van der Waals surface area contributed by atoms with E-state index < -0.39 is 0 Å². The molecular formula is C25H33N3O3. The van der Waals surface area contributed by atoms with E-state index in [1.165, 1.54) is 0 Å². The SMILES string of the molecule is CCC(C)CNC(=O)c1ccccc1N1CCC(NC(=O)c2ccc(OC)cc2)CC1. The minimum Gasteiger partial charge on any atom is -0.497 e. The summed E-state index contributed by atoms with van der Waals surface area (Å²) in [5, 5.41) is 6.19. The molecule has 1 unspecified atom stereocenters. The van der Waals surface area contributed by atoms with Crippen molar-refractivity contribution >= 4 is 17.5 Å². The highest BCUT2D eigenvalue weighted by molar-refractivity contribution is 5.99. The van der Waals surface area contributed by atoms with Gasteiger partial charge in [-0.2, -0.15) is 0 Å². The van der Waals surface area contributed by atoms with Gasteiger partial charge in [0.2, 0.25) is 0 Å². The van der Waals surface area contributed by atoms with Gasteiger partial charge in [0.05, 0.1) is 12.7 Å². The van der Waals surface area contributed by atoms with E-state index in [1.807, 2.05) is 24.3 Å². The van der Waals surface area contributed by atoms with Gasteiger partial charge in [0.1, 0.15) is 5.75 Å². The van der Waals surface area contributed by atoms with Crippen LogP contribution in [0.1, 0.15) is 53.8 Å². The molecule has 0 aliphatic carbocycles. The molecule has 0 spiro atoms. The normalized spacial score (nSPS) is 15.3. The molecule has 1 atom stereocenters. The van der Waals surface area contributed by atoms with Crippen LogP contribution in [-0.4, -0.2) is 44.6 Å². The predicted octanol–water partition coefficient (Wildman–Crippen LogP) is 3.87. The highest BCUT2D eigenvalue weighted by atomic mass is 16.5. The maximum Gasteiger partial charge on any atom is 0.253 e. The second kappa shape index (κ2) is 10.8. The third kappa shape index (κ3) is 6.00. The zero-order valence-electron chi connectivity index (χ0n) is 18.7. The number of hydrogen-bond acceptors (Lipinski definition) is 4. The predicted molar refractivity (Wildman–Crippen MR) is 124 cm³/mol. The van der Waals surface area contributed by atoms with Crippen molar-refractivity contribution in [2.24, 2.45) is 5.92 Å². The molecule has 31 heavy (non-hydrogen) atoms. The number of ether oxygens (including phenoxy) is 1. The average molecular weight is 424 g/mol. The first-order valence-electron chi connectivity index (χ1n) is 11.1. The largest absolute Gasteiger partial charge is 0.497 e. The molecular weight excluding hydrogens is 390 g/mol. The number of piperidine rings is 1. The molecule has 6 nitrogen and oxygen atoms in total. The number of methoxy groups -OCH3 is 1. The topological polar surface area (TPSA) is 70.7 Å². The highest BCUT2D eigenvalue weighted by Crippen LogP contribution is 2.24. The number of benzene rings is 2. The molecule has 166 valence electrons. The maximum absolute atomic E-state index is 12.7. The average Bonchev–Trinajstić information content (AvgIpc) is 2.82. The van der Waals surface area contributed by atoms with E-state index in [-0.39, 0.29) is 17.9 Å². The standard InChI is InChI=1S/C25H33N3O3/c1-4-18(2)17-26-25(30)22-7-5-6-8-23(22)28-15-13-20(14-16-28)27-24(29)19-9-11-21(31-3)12-10-19/h5-12,18,20H,4,13-17H2,1-3H3,(H,26,30)(H,27,29). The quantitative estimate of drug-likeness (QED) is 0.676. The summed E-state index contributed by atoms with van der Waals surface area (Å²) in [4.78, 5) is 27.5. The van der Waals surface area contributed by atoms with E-state index in [0.29, 0.717) is 23.6 Å². The minimum absolute atomic E-state index is 0.0224. The van der Waals surface area contributed by atoms with Crippen molar-refractivity contribution in [1.82, 2.24) is 10.6 Å². The first-order valence-corrected chi connectivity index (χ1v) is 11.1. The summed E-state index contributed by atoms with van der Waals surface area (Å²) in [5.74, 6) is 1.11. The van der Waals surface area contributed by atoms with Gasteiger partial charge in [-0.15, -0.1) is 0 Å². The van der Waals surface area contributed by atoms with E-state index >= 15 is 0 Å². The van der Waals surface area contributed by atoms with E-state index in [1.54, 1.807) is 31.4 Å². The molecule has 0 radical (unpaired) electrons. The van der Waals surface area contributed by atoms with Crippen LogP contribution in [0.3, 0.4) is 0 Å². The number of nitrogens with one attached hydrogen (secondary N) is 2. The lowest BCUT2D eigenvalue weighted by atomic mass is 10.0. The van der Waals surface area contributed by atoms with Crippen LogP contribution in [0, 0.1) is 5.92 Å². The third-order valence-electron chi connectivity index (χ3n) is 5.98. The molecule has 0 saturated carbocycles. The van der Waals surface area contributed by atoms with Crippen LogP contribution in [0.15, 0.2) is 48.5 Å². The molecule has 1 heterocycles. The van der Waals surface area contributed by atoms with Crippen LogP contribution in [0.5, 0.6) is 5.75 Å². The Kier molecular flexibility index (Phi) is 7.93. The first kappa shape index (κ1) is 22.7. The molecule has 1 saturated heterocycles. The van der Waals surface area contributed by atoms with E-state index in [9.17, 15) is 9.59 Å². The number of nitrogens with zero attached hydrogens (tertiary/aromatic N) is 1. The van der Waals surface area contributed by atoms with Gasteiger partial charge in [0.15, 0.2) is 0 Å². The van der Waals surface area contributed by atoms with E-state index in [2.05, 4.69) is 29.4 Å². The zero-order chi connectivity index (χ0) is 22.2. The van der Waals surface area contributed by atoms with Crippen molar-refractivity contribution in [3.8, 4) is 5.75 Å². The molecule has 1 aliphatic heterocycles. The fraction of sp³-hybridized carbons (Fsp3) is 0.440. The summed E-state index contributed by atoms with van der Waals surface area (Å²) >= 11 is 0. The summed E-state index contributed by atoms with van der Waals surface area (Å²) in [6.45, 7) is 6.54. The lowest BCUT2D eigenvalue weighted by molar-refractivity contribution is 0.0929. The molecule has 1 fully saturated rings. The second-order valence-electron chi connectivity index (χ2n) is 8.20. The Labute approximate surface area is 185 Å². The van der Waals surface area contributed by atoms with Crippen molar-refractivity contribution in [3.63, 3.8) is 0 Å². The van der Waals surface area contributed by atoms with Crippen LogP contribution in [-0.2, 0) is 0 Å². The number of amides is 2. The fourth-order valence-electron chi connectivity index (χ4n) is 3.72. The van der Waals surface area contributed by atoms with Crippen molar-refractivity contribution in [2.75, 3.05) is 31.6 Å². The van der Waals surface area contributed by atoms with Gasteiger partial charge in [-0.1, -0.05) is 32.4 Å². The molecule has 2 amide bonds. The summed E-state index contributed by atoms with van der Waals surface area (Å²) in [6.07, 6.45) is 2.72. The van der Waals surface area contributed by atoms with Gasteiger partial charge >= 0.3 is 0 Å². The van der Waals surface area contributed by atoms with Crippen LogP contribution < -0.4 is 20.3 Å². The summed E-state index contributed by atoms with van der Waals surface area (Å²) < 4.78 is 5.15. The van der Waals surface area contributed by atoms with Crippen molar-refractivity contribution in [2.45, 2.75) is 39.2 Å². The van der Waals surface area contributed by atoms with Crippen molar-refractivity contribution < 1.29 is 14.3 Å². The van der Waals surface area contributed by atoms with Gasteiger partial charge in [-0.25, -0.2) is 0 Å². The van der Waals surface area contributed by atoms with Crippen LogP contribution in [0.25, 0.3) is 0 Å². The maximum atomic E-state index is 12.7. The zero-order valence-corrected chi connectivity index (χ0v) is 18.7. The molecule has 2 aromatic carbocycles. The number of anilines is 1. The summed E-state index contributed by atoms with van der Waals surface area (Å²) in [6, 6.07) is 15.0. The summed E-state index contributed by atoms with van der Waals surface area (Å²) in [5.41, 5.74) is 2.31. The number of para-hydroxylation sites is 1. The van der Waals surface area contributed by atoms with Crippen molar-refractivity contribution in [1.29, 1.82) is 0 Å². The minimum atomic E-state index is -0.0640. The molecule has 2 N–H and O–H groups in total. The Morgan fingerprint density at radius 1 is 1.06 bits per heavy atom. The number of hydrogen-bond donors (Lipinski definition) is 2. The lowest BCUT2D eigenvalue weighted by Crippen LogP contribution is -2.45. The lowest BCUT2D eigenvalue weighted by Gasteiger charge is -2.35. The third-order valence-corrected chi connectivity index (χ3v) is 5.98. The number of carbonyl (C=O) groups is 2. The van der Waals surface area contributed by atoms with Crippen LogP contribution >= 0.6 is 0 Å². The fourth-order valence-corrected chi connectivity index (χ4v) is 3.72. The number of rotatable bonds is 8. The molecule has 1 aliphatic rings. The smallest absolute Gasteiger partial charge is 0.253 e. The Morgan fingerprint density at radius 3 is 2.39 bits per heavy atom. The van der Waals surface area contributed by atoms with Gasteiger partial charge in [0, 0.05) is 36.9 Å². The molecule has 3 rings (SSSR count). The molecule has 0 aromatic heterocycles. The van der Waals surface area contributed by atoms with Crippen LogP contribution in [0.4, 0.5) is 5.69 Å². The van der Waals surface area contributed by atoms with Gasteiger partial charge in [0.25, 0.3) is 11.8 Å². The Hall–Kier alpha value is -3.02. The monoisotopic (exact) mass is 423 g/mol. The van der Waals surface area contributed by atoms with Gasteiger partial charge in [-0.05, 0) is 55.2 Å². The van der Waals surface area contributed by atoms with Crippen molar-refractivity contribution in [3.05, 3.63) is 59.7 Å². The Balaban J connectivity index is 1.57. The Bertz CT molecular complexity index is 874. The van der Waals surface area contributed by atoms with E-state index in [4.69, 9.17) is 4.74 Å². The second-order valence-corrected chi connectivity index (χ2v) is 8.20. The van der Waals surface area contributed by atoms with Crippen LogP contribution in [0.2, 0.25) is 0 Å². The summed E-state index contributed by atoms with van der Waals surface area (Å²) in [7, 11) is 1.61. The number of carbonyl (C=O) groups excluding carboxylic acids is 2. The van der Waals surface area contributed by atoms with Gasteiger partial charge < -0.3 is 20.3 Å².